The molecule has 1 atom stereocenters. The highest BCUT2D eigenvalue weighted by Crippen LogP contribution is 2.30. The van der Waals surface area contributed by atoms with E-state index in [1.54, 1.807) is 37.3 Å². The van der Waals surface area contributed by atoms with Crippen molar-refractivity contribution in [2.75, 3.05) is 18.0 Å². The molecule has 0 amide bonds. The lowest BCUT2D eigenvalue weighted by molar-refractivity contribution is -0.200. The van der Waals surface area contributed by atoms with Crippen molar-refractivity contribution < 1.29 is 31.4 Å². The third-order valence-corrected chi connectivity index (χ3v) is 4.38. The number of rotatable bonds is 6. The molecule has 0 fully saturated rings. The summed E-state index contributed by atoms with van der Waals surface area (Å²) in [5.74, 6) is 0. The highest BCUT2D eigenvalue weighted by Gasteiger charge is 2.39. The van der Waals surface area contributed by atoms with E-state index >= 15 is 0 Å². The molecule has 0 heterocycles. The first kappa shape index (κ1) is 22.1. The lowest BCUT2D eigenvalue weighted by Gasteiger charge is -2.27. The van der Waals surface area contributed by atoms with Gasteiger partial charge in [-0.15, -0.1) is 0 Å². The van der Waals surface area contributed by atoms with E-state index in [9.17, 15) is 31.4 Å². The Bertz CT molecular complexity index is 761. The maximum Gasteiger partial charge on any atom is 0.416 e. The average molecular weight is 405 g/mol. The van der Waals surface area contributed by atoms with Crippen molar-refractivity contribution in [3.63, 3.8) is 0 Å². The van der Waals surface area contributed by atoms with Gasteiger partial charge in [-0.05, 0) is 37.5 Å². The quantitative estimate of drug-likeness (QED) is 0.645. The fourth-order valence-electron chi connectivity index (χ4n) is 2.86. The molecular weight excluding hydrogens is 384 g/mol. The first-order chi connectivity index (χ1) is 13.0. The molecule has 1 unspecified atom stereocenters. The Morgan fingerprint density at radius 1 is 1.14 bits per heavy atom. The van der Waals surface area contributed by atoms with Gasteiger partial charge in [-0.25, -0.2) is 0 Å². The Balaban J connectivity index is 2.12. The van der Waals surface area contributed by atoms with E-state index in [2.05, 4.69) is 0 Å². The summed E-state index contributed by atoms with van der Waals surface area (Å²) in [6.07, 6.45) is -5.95. The van der Waals surface area contributed by atoms with Gasteiger partial charge in [-0.2, -0.15) is 26.3 Å². The molecule has 1 aliphatic carbocycles. The van der Waals surface area contributed by atoms with E-state index in [1.807, 2.05) is 0 Å². The molecule has 0 spiro atoms. The Morgan fingerprint density at radius 3 is 2.46 bits per heavy atom. The molecule has 1 aromatic rings. The number of hydrogen-bond acceptors (Lipinski definition) is 2. The van der Waals surface area contributed by atoms with Crippen LogP contribution in [0.5, 0.6) is 0 Å². The number of alkyl halides is 6. The maximum absolute atomic E-state index is 12.8. The van der Waals surface area contributed by atoms with Crippen molar-refractivity contribution in [3.8, 4) is 0 Å². The van der Waals surface area contributed by atoms with Crippen molar-refractivity contribution in [3.05, 3.63) is 65.3 Å². The molecule has 0 aliphatic heterocycles. The Kier molecular flexibility index (Phi) is 6.98. The van der Waals surface area contributed by atoms with Gasteiger partial charge in [0.2, 0.25) is 0 Å². The predicted octanol–water partition coefficient (Wildman–Crippen LogP) is 5.35. The second-order valence-corrected chi connectivity index (χ2v) is 6.49. The number of anilines is 1. The molecule has 0 saturated carbocycles. The van der Waals surface area contributed by atoms with Gasteiger partial charge in [0, 0.05) is 12.2 Å². The highest BCUT2D eigenvalue weighted by atomic mass is 19.4. The van der Waals surface area contributed by atoms with Crippen LogP contribution in [0.15, 0.2) is 59.7 Å². The van der Waals surface area contributed by atoms with Crippen LogP contribution in [0.4, 0.5) is 32.0 Å². The van der Waals surface area contributed by atoms with Gasteiger partial charge in [0.25, 0.3) is 0 Å². The molecule has 0 aromatic heterocycles. The topological polar surface area (TPSA) is 23.5 Å². The van der Waals surface area contributed by atoms with Gasteiger partial charge in [-0.1, -0.05) is 42.0 Å². The minimum atomic E-state index is -4.70. The summed E-state index contributed by atoms with van der Waals surface area (Å²) in [7, 11) is 0. The van der Waals surface area contributed by atoms with E-state index in [1.165, 1.54) is 11.0 Å². The van der Waals surface area contributed by atoms with Gasteiger partial charge < -0.3 is 10.0 Å². The second-order valence-electron chi connectivity index (χ2n) is 6.49. The summed E-state index contributed by atoms with van der Waals surface area (Å²) < 4.78 is 76.3. The van der Waals surface area contributed by atoms with Crippen LogP contribution in [0.2, 0.25) is 0 Å². The molecule has 0 saturated heterocycles. The fourth-order valence-corrected chi connectivity index (χ4v) is 2.86. The van der Waals surface area contributed by atoms with E-state index in [4.69, 9.17) is 0 Å². The van der Waals surface area contributed by atoms with Crippen LogP contribution in [0.3, 0.4) is 0 Å². The Morgan fingerprint density at radius 2 is 1.86 bits per heavy atom. The maximum atomic E-state index is 12.8. The second kappa shape index (κ2) is 8.86. The molecule has 2 nitrogen and oxygen atoms in total. The van der Waals surface area contributed by atoms with Crippen LogP contribution >= 0.6 is 0 Å². The van der Waals surface area contributed by atoms with Crippen LogP contribution in [0, 0.1) is 0 Å². The van der Waals surface area contributed by atoms with Crippen molar-refractivity contribution in [1.29, 1.82) is 0 Å². The number of nitrogens with zero attached hydrogens (tertiary/aromatic N) is 1. The number of allylic oxidation sites excluding steroid dienone is 6. The minimum absolute atomic E-state index is 0.135. The molecule has 0 bridgehead atoms. The molecule has 154 valence electrons. The van der Waals surface area contributed by atoms with Crippen molar-refractivity contribution in [2.45, 2.75) is 38.2 Å². The number of aliphatic hydroxyl groups is 1. The summed E-state index contributed by atoms with van der Waals surface area (Å²) in [4.78, 5) is 1.41. The van der Waals surface area contributed by atoms with Gasteiger partial charge in [0.1, 0.15) is 0 Å². The van der Waals surface area contributed by atoms with Gasteiger partial charge in [-0.3, -0.25) is 0 Å². The standard InChI is InChI=1S/C20H21F6NO/c1-2-27(13-18(28)20(24,25)26)17-8-4-6-15(12-17)11-14-5-3-7-16(10-9-14)19(21,22)23/h3-8,10,12,18,28H,2,9,11,13H2,1H3. The number of aliphatic hydroxyl groups excluding tert-OH is 1. The lowest BCUT2D eigenvalue weighted by atomic mass is 10.0. The molecular formula is C20H21F6NO. The van der Waals surface area contributed by atoms with Crippen molar-refractivity contribution in [2.24, 2.45) is 0 Å². The van der Waals surface area contributed by atoms with E-state index in [-0.39, 0.29) is 13.0 Å². The Hall–Kier alpha value is -2.22. The third kappa shape index (κ3) is 6.15. The van der Waals surface area contributed by atoms with Crippen LogP contribution < -0.4 is 4.90 Å². The molecule has 0 radical (unpaired) electrons. The molecule has 28 heavy (non-hydrogen) atoms. The predicted molar refractivity (Wildman–Crippen MR) is 96.1 cm³/mol. The third-order valence-electron chi connectivity index (χ3n) is 4.38. The van der Waals surface area contributed by atoms with Crippen LogP contribution in [0.25, 0.3) is 0 Å². The zero-order chi connectivity index (χ0) is 20.9. The minimum Gasteiger partial charge on any atom is -0.382 e. The van der Waals surface area contributed by atoms with Crippen molar-refractivity contribution >= 4 is 5.69 Å². The van der Waals surface area contributed by atoms with Crippen molar-refractivity contribution in [1.82, 2.24) is 0 Å². The molecule has 1 aromatic carbocycles. The monoisotopic (exact) mass is 405 g/mol. The number of likely N-dealkylation sites (N-methyl/N-ethyl adjacent to an activating group) is 1. The SMILES string of the molecule is CCN(CC(O)C(F)(F)F)c1cccc(CC2=CC=CC(C(F)(F)F)=CC2)c1. The fraction of sp³-hybridized carbons (Fsp3) is 0.400. The normalized spacial score (nSPS) is 16.3. The Labute approximate surface area is 159 Å². The summed E-state index contributed by atoms with van der Waals surface area (Å²) in [6, 6.07) is 6.77. The molecule has 1 aliphatic rings. The molecule has 8 heteroatoms. The van der Waals surface area contributed by atoms with Gasteiger partial charge in [0.05, 0.1) is 12.1 Å². The lowest BCUT2D eigenvalue weighted by Crippen LogP contribution is -2.41. The summed E-state index contributed by atoms with van der Waals surface area (Å²) >= 11 is 0. The first-order valence-corrected chi connectivity index (χ1v) is 8.73. The average Bonchev–Trinajstić information content (AvgIpc) is 2.84. The zero-order valence-corrected chi connectivity index (χ0v) is 15.2. The highest BCUT2D eigenvalue weighted by molar-refractivity contribution is 5.49. The van der Waals surface area contributed by atoms with Gasteiger partial charge >= 0.3 is 12.4 Å². The zero-order valence-electron chi connectivity index (χ0n) is 15.2. The summed E-state index contributed by atoms with van der Waals surface area (Å²) in [5, 5.41) is 9.32. The first-order valence-electron chi connectivity index (χ1n) is 8.73. The van der Waals surface area contributed by atoms with E-state index in [0.29, 0.717) is 12.1 Å². The van der Waals surface area contributed by atoms with Crippen LogP contribution in [-0.2, 0) is 6.42 Å². The molecule has 1 N–H and O–H groups in total. The number of halogens is 6. The van der Waals surface area contributed by atoms with Crippen LogP contribution in [0.1, 0.15) is 18.9 Å². The number of benzene rings is 1. The van der Waals surface area contributed by atoms with E-state index < -0.39 is 30.6 Å². The summed E-state index contributed by atoms with van der Waals surface area (Å²) in [6.45, 7) is 1.35. The number of hydrogen-bond donors (Lipinski definition) is 1. The van der Waals surface area contributed by atoms with Crippen LogP contribution in [-0.4, -0.2) is 36.7 Å². The summed E-state index contributed by atoms with van der Waals surface area (Å²) in [5.41, 5.74) is 1.33. The molecule has 2 rings (SSSR count). The largest absolute Gasteiger partial charge is 0.416 e. The smallest absolute Gasteiger partial charge is 0.382 e. The van der Waals surface area contributed by atoms with E-state index in [0.717, 1.165) is 23.3 Å². The van der Waals surface area contributed by atoms with Gasteiger partial charge in [0.15, 0.2) is 6.10 Å².